The van der Waals surface area contributed by atoms with Crippen LogP contribution in [-0.4, -0.2) is 6.04 Å². The fraction of sp³-hybridized carbons (Fsp3) is 0.600. The van der Waals surface area contributed by atoms with E-state index in [1.54, 1.807) is 0 Å². The minimum Gasteiger partial charge on any atom is -0.307 e. The van der Waals surface area contributed by atoms with Crippen molar-refractivity contribution in [1.82, 2.24) is 5.32 Å². The lowest BCUT2D eigenvalue weighted by molar-refractivity contribution is 0.441. The van der Waals surface area contributed by atoms with E-state index in [-0.39, 0.29) is 0 Å². The Bertz CT molecular complexity index is 345. The van der Waals surface area contributed by atoms with Crippen molar-refractivity contribution in [2.75, 3.05) is 0 Å². The third-order valence-corrected chi connectivity index (χ3v) is 3.59. The molecule has 0 aromatic heterocycles. The van der Waals surface area contributed by atoms with Crippen LogP contribution in [-0.2, 0) is 0 Å². The van der Waals surface area contributed by atoms with Crippen LogP contribution in [0.1, 0.15) is 49.4 Å². The van der Waals surface area contributed by atoms with E-state index in [4.69, 9.17) is 0 Å². The normalized spacial score (nSPS) is 19.5. The Kier molecular flexibility index (Phi) is 3.34. The molecule has 1 aromatic rings. The molecular formula is C15H23N. The minimum atomic E-state index is 0.467. The summed E-state index contributed by atoms with van der Waals surface area (Å²) in [5.74, 6) is 0.924. The average Bonchev–Trinajstić information content (AvgIpc) is 2.98. The molecule has 0 aliphatic heterocycles. The standard InChI is InChI=1S/C15H23N/c1-10-7-11(2)9-15(8-10)13(4)16-12(3)14-5-6-14/h7-9,12-14,16H,5-6H2,1-4H3. The van der Waals surface area contributed by atoms with Gasteiger partial charge in [0.15, 0.2) is 0 Å². The monoisotopic (exact) mass is 217 g/mol. The van der Waals surface area contributed by atoms with Gasteiger partial charge in [-0.1, -0.05) is 29.3 Å². The number of hydrogen-bond donors (Lipinski definition) is 1. The maximum absolute atomic E-state index is 3.71. The summed E-state index contributed by atoms with van der Waals surface area (Å²) in [6.45, 7) is 8.94. The van der Waals surface area contributed by atoms with E-state index in [1.165, 1.54) is 29.5 Å². The molecule has 1 N–H and O–H groups in total. The van der Waals surface area contributed by atoms with Crippen LogP contribution >= 0.6 is 0 Å². The zero-order valence-corrected chi connectivity index (χ0v) is 10.9. The lowest BCUT2D eigenvalue weighted by Gasteiger charge is -2.21. The van der Waals surface area contributed by atoms with Crippen LogP contribution in [0.25, 0.3) is 0 Å². The Hall–Kier alpha value is -0.820. The van der Waals surface area contributed by atoms with Crippen molar-refractivity contribution in [2.24, 2.45) is 5.92 Å². The molecule has 0 saturated heterocycles. The molecule has 0 amide bonds. The zero-order chi connectivity index (χ0) is 11.7. The minimum absolute atomic E-state index is 0.467. The molecule has 1 aliphatic rings. The van der Waals surface area contributed by atoms with Gasteiger partial charge in [0.05, 0.1) is 0 Å². The second-order valence-electron chi connectivity index (χ2n) is 5.44. The lowest BCUT2D eigenvalue weighted by atomic mass is 10.0. The molecular weight excluding hydrogens is 194 g/mol. The van der Waals surface area contributed by atoms with Crippen LogP contribution in [0.15, 0.2) is 18.2 Å². The van der Waals surface area contributed by atoms with Gasteiger partial charge in [0.25, 0.3) is 0 Å². The first kappa shape index (κ1) is 11.7. The molecule has 1 nitrogen and oxygen atoms in total. The molecule has 1 saturated carbocycles. The number of rotatable bonds is 4. The van der Waals surface area contributed by atoms with Crippen LogP contribution in [0, 0.1) is 19.8 Å². The van der Waals surface area contributed by atoms with Crippen molar-refractivity contribution in [3.63, 3.8) is 0 Å². The summed E-state index contributed by atoms with van der Waals surface area (Å²) in [6.07, 6.45) is 2.82. The summed E-state index contributed by atoms with van der Waals surface area (Å²) >= 11 is 0. The molecule has 16 heavy (non-hydrogen) atoms. The van der Waals surface area contributed by atoms with Gasteiger partial charge in [-0.15, -0.1) is 0 Å². The van der Waals surface area contributed by atoms with E-state index in [9.17, 15) is 0 Å². The molecule has 0 radical (unpaired) electrons. The Morgan fingerprint density at radius 1 is 1.06 bits per heavy atom. The second-order valence-corrected chi connectivity index (χ2v) is 5.44. The topological polar surface area (TPSA) is 12.0 Å². The highest BCUT2D eigenvalue weighted by molar-refractivity contribution is 5.30. The van der Waals surface area contributed by atoms with Gasteiger partial charge in [0.2, 0.25) is 0 Å². The van der Waals surface area contributed by atoms with E-state index in [2.05, 4.69) is 51.2 Å². The summed E-state index contributed by atoms with van der Waals surface area (Å²) in [5, 5.41) is 3.71. The number of benzene rings is 1. The van der Waals surface area contributed by atoms with Crippen LogP contribution < -0.4 is 5.32 Å². The largest absolute Gasteiger partial charge is 0.307 e. The fourth-order valence-electron chi connectivity index (χ4n) is 2.48. The quantitative estimate of drug-likeness (QED) is 0.810. The van der Waals surface area contributed by atoms with Gasteiger partial charge in [-0.3, -0.25) is 0 Å². The Labute approximate surface area is 99.3 Å². The van der Waals surface area contributed by atoms with Crippen molar-refractivity contribution in [2.45, 2.75) is 52.6 Å². The van der Waals surface area contributed by atoms with Gasteiger partial charge >= 0.3 is 0 Å². The predicted molar refractivity (Wildman–Crippen MR) is 69.7 cm³/mol. The van der Waals surface area contributed by atoms with Crippen LogP contribution in [0.5, 0.6) is 0 Å². The third kappa shape index (κ3) is 2.85. The number of hydrogen-bond acceptors (Lipinski definition) is 1. The first-order chi connectivity index (χ1) is 7.56. The maximum Gasteiger partial charge on any atom is 0.0294 e. The van der Waals surface area contributed by atoms with Gasteiger partial charge in [-0.05, 0) is 52.0 Å². The highest BCUT2D eigenvalue weighted by Crippen LogP contribution is 2.33. The Morgan fingerprint density at radius 3 is 2.12 bits per heavy atom. The molecule has 88 valence electrons. The number of aryl methyl sites for hydroxylation is 2. The molecule has 0 heterocycles. The van der Waals surface area contributed by atoms with Crippen LogP contribution in [0.4, 0.5) is 0 Å². The van der Waals surface area contributed by atoms with E-state index < -0.39 is 0 Å². The summed E-state index contributed by atoms with van der Waals surface area (Å²) in [7, 11) is 0. The first-order valence-corrected chi connectivity index (χ1v) is 6.40. The van der Waals surface area contributed by atoms with Crippen LogP contribution in [0.2, 0.25) is 0 Å². The summed E-state index contributed by atoms with van der Waals surface area (Å²) in [5.41, 5.74) is 4.15. The van der Waals surface area contributed by atoms with Crippen molar-refractivity contribution >= 4 is 0 Å². The lowest BCUT2D eigenvalue weighted by Crippen LogP contribution is -2.30. The van der Waals surface area contributed by atoms with E-state index in [0.717, 1.165) is 5.92 Å². The molecule has 1 aromatic carbocycles. The van der Waals surface area contributed by atoms with Crippen molar-refractivity contribution in [1.29, 1.82) is 0 Å². The molecule has 0 spiro atoms. The zero-order valence-electron chi connectivity index (χ0n) is 10.9. The highest BCUT2D eigenvalue weighted by Gasteiger charge is 2.28. The summed E-state index contributed by atoms with van der Waals surface area (Å²) < 4.78 is 0. The van der Waals surface area contributed by atoms with Crippen molar-refractivity contribution in [3.05, 3.63) is 34.9 Å². The van der Waals surface area contributed by atoms with E-state index in [1.807, 2.05) is 0 Å². The van der Waals surface area contributed by atoms with Gasteiger partial charge < -0.3 is 5.32 Å². The fourth-order valence-corrected chi connectivity index (χ4v) is 2.48. The summed E-state index contributed by atoms with van der Waals surface area (Å²) in [4.78, 5) is 0. The van der Waals surface area contributed by atoms with Gasteiger partial charge in [0, 0.05) is 12.1 Å². The van der Waals surface area contributed by atoms with E-state index in [0.29, 0.717) is 12.1 Å². The molecule has 1 heteroatoms. The maximum atomic E-state index is 3.71. The van der Waals surface area contributed by atoms with E-state index >= 15 is 0 Å². The molecule has 1 aliphatic carbocycles. The van der Waals surface area contributed by atoms with Gasteiger partial charge in [-0.2, -0.15) is 0 Å². The van der Waals surface area contributed by atoms with Crippen molar-refractivity contribution in [3.8, 4) is 0 Å². The first-order valence-electron chi connectivity index (χ1n) is 6.40. The second kappa shape index (κ2) is 4.58. The SMILES string of the molecule is Cc1cc(C)cc(C(C)NC(C)C2CC2)c1. The summed E-state index contributed by atoms with van der Waals surface area (Å²) in [6, 6.07) is 7.96. The molecule has 2 atom stereocenters. The Morgan fingerprint density at radius 2 is 1.62 bits per heavy atom. The van der Waals surface area contributed by atoms with Gasteiger partial charge in [0.1, 0.15) is 0 Å². The van der Waals surface area contributed by atoms with Crippen molar-refractivity contribution < 1.29 is 0 Å². The molecule has 1 fully saturated rings. The smallest absolute Gasteiger partial charge is 0.0294 e. The third-order valence-electron chi connectivity index (χ3n) is 3.59. The number of nitrogens with one attached hydrogen (secondary N) is 1. The highest BCUT2D eigenvalue weighted by atomic mass is 15.0. The molecule has 0 bridgehead atoms. The molecule has 2 rings (SSSR count). The predicted octanol–water partition coefficient (Wildman–Crippen LogP) is 3.75. The molecule has 2 unspecified atom stereocenters. The van der Waals surface area contributed by atoms with Crippen LogP contribution in [0.3, 0.4) is 0 Å². The average molecular weight is 217 g/mol. The Balaban J connectivity index is 2.04. The van der Waals surface area contributed by atoms with Gasteiger partial charge in [-0.25, -0.2) is 0 Å².